The first-order valence-corrected chi connectivity index (χ1v) is 6.10. The third-order valence-corrected chi connectivity index (χ3v) is 2.57. The highest BCUT2D eigenvalue weighted by molar-refractivity contribution is 5.80. The number of hydrogen-bond acceptors (Lipinski definition) is 4. The quantitative estimate of drug-likeness (QED) is 0.777. The third-order valence-electron chi connectivity index (χ3n) is 2.57. The van der Waals surface area contributed by atoms with Gasteiger partial charge in [0.2, 0.25) is 0 Å². The minimum atomic E-state index is -1.06. The molecular weight excluding hydrogens is 250 g/mol. The maximum atomic E-state index is 12.2. The van der Waals surface area contributed by atoms with Gasteiger partial charge in [-0.1, -0.05) is 6.08 Å². The second-order valence-corrected chi connectivity index (χ2v) is 5.87. The first kappa shape index (κ1) is 15.5. The Morgan fingerprint density at radius 3 is 2.47 bits per heavy atom. The van der Waals surface area contributed by atoms with Crippen LogP contribution in [-0.2, 0) is 14.3 Å². The van der Waals surface area contributed by atoms with Gasteiger partial charge in [-0.3, -0.25) is 4.90 Å². The summed E-state index contributed by atoms with van der Waals surface area (Å²) in [4.78, 5) is 24.1. The fourth-order valence-electron chi connectivity index (χ4n) is 1.83. The smallest absolute Gasteiger partial charge is 0.413 e. The lowest BCUT2D eigenvalue weighted by molar-refractivity contribution is -0.131. The van der Waals surface area contributed by atoms with Crippen molar-refractivity contribution < 1.29 is 24.2 Å². The number of carboxylic acid groups (broad SMARTS) is 1. The second-order valence-electron chi connectivity index (χ2n) is 5.87. The Bertz CT molecular complexity index is 394. The molecule has 1 rings (SSSR count). The summed E-state index contributed by atoms with van der Waals surface area (Å²) < 4.78 is 10.8. The van der Waals surface area contributed by atoms with Gasteiger partial charge in [0.1, 0.15) is 11.3 Å². The Morgan fingerprint density at radius 1 is 1.42 bits per heavy atom. The molecule has 1 fully saturated rings. The average Bonchev–Trinajstić information content (AvgIpc) is 2.47. The summed E-state index contributed by atoms with van der Waals surface area (Å²) in [5, 5.41) is 8.65. The predicted molar refractivity (Wildman–Crippen MR) is 68.7 cm³/mol. The summed E-state index contributed by atoms with van der Waals surface area (Å²) in [7, 11) is 0. The van der Waals surface area contributed by atoms with Crippen molar-refractivity contribution in [3.63, 3.8) is 0 Å². The second kappa shape index (κ2) is 5.21. The van der Waals surface area contributed by atoms with Gasteiger partial charge in [0.25, 0.3) is 0 Å². The van der Waals surface area contributed by atoms with Crippen LogP contribution in [0.2, 0.25) is 0 Å². The number of carboxylic acids is 1. The van der Waals surface area contributed by atoms with Crippen molar-refractivity contribution in [1.29, 1.82) is 0 Å². The minimum absolute atomic E-state index is 0.246. The summed E-state index contributed by atoms with van der Waals surface area (Å²) in [5.74, 6) is -1.06. The largest absolute Gasteiger partial charge is 0.478 e. The minimum Gasteiger partial charge on any atom is -0.478 e. The van der Waals surface area contributed by atoms with E-state index in [9.17, 15) is 9.59 Å². The predicted octanol–water partition coefficient (Wildman–Crippen LogP) is 2.00. The molecule has 1 atom stereocenters. The molecule has 1 N–H and O–H groups in total. The molecule has 0 radical (unpaired) electrons. The Morgan fingerprint density at radius 2 is 2.00 bits per heavy atom. The molecule has 0 spiro atoms. The first-order chi connectivity index (χ1) is 8.53. The van der Waals surface area contributed by atoms with Crippen molar-refractivity contribution in [1.82, 2.24) is 4.90 Å². The van der Waals surface area contributed by atoms with Crippen molar-refractivity contribution in [3.05, 3.63) is 12.2 Å². The first-order valence-electron chi connectivity index (χ1n) is 6.10. The van der Waals surface area contributed by atoms with E-state index in [1.807, 2.05) is 0 Å². The van der Waals surface area contributed by atoms with Crippen LogP contribution in [0, 0.1) is 0 Å². The van der Waals surface area contributed by atoms with Gasteiger partial charge in [0, 0.05) is 6.08 Å². The molecule has 108 valence electrons. The SMILES string of the molecule is CC(C)(C)OC(=O)N1[C@@H](/C=C/C(=O)O)COC1(C)C. The van der Waals surface area contributed by atoms with E-state index in [1.54, 1.807) is 34.6 Å². The lowest BCUT2D eigenvalue weighted by atomic mass is 10.2. The Kier molecular flexibility index (Phi) is 4.25. The molecule has 0 aromatic carbocycles. The van der Waals surface area contributed by atoms with Gasteiger partial charge < -0.3 is 14.6 Å². The molecule has 0 saturated carbocycles. The number of carbonyl (C=O) groups is 2. The van der Waals surface area contributed by atoms with Gasteiger partial charge in [-0.15, -0.1) is 0 Å². The van der Waals surface area contributed by atoms with Crippen LogP contribution >= 0.6 is 0 Å². The number of hydrogen-bond donors (Lipinski definition) is 1. The molecule has 6 nitrogen and oxygen atoms in total. The number of amides is 1. The van der Waals surface area contributed by atoms with Crippen LogP contribution in [0.15, 0.2) is 12.2 Å². The number of aliphatic carboxylic acids is 1. The summed E-state index contributed by atoms with van der Waals surface area (Å²) in [6.07, 6.45) is 1.92. The molecule has 0 aromatic heterocycles. The van der Waals surface area contributed by atoms with E-state index in [2.05, 4.69) is 0 Å². The molecule has 0 bridgehead atoms. The highest BCUT2D eigenvalue weighted by Crippen LogP contribution is 2.29. The molecule has 19 heavy (non-hydrogen) atoms. The van der Waals surface area contributed by atoms with E-state index in [4.69, 9.17) is 14.6 Å². The molecule has 1 aliphatic heterocycles. The van der Waals surface area contributed by atoms with Crippen LogP contribution in [-0.4, -0.2) is 46.0 Å². The van der Waals surface area contributed by atoms with E-state index >= 15 is 0 Å². The summed E-state index contributed by atoms with van der Waals surface area (Å²) >= 11 is 0. The lowest BCUT2D eigenvalue weighted by Crippen LogP contribution is -2.49. The van der Waals surface area contributed by atoms with Gasteiger partial charge >= 0.3 is 12.1 Å². The molecule has 1 amide bonds. The summed E-state index contributed by atoms with van der Waals surface area (Å²) in [6.45, 7) is 9.05. The van der Waals surface area contributed by atoms with E-state index in [0.717, 1.165) is 6.08 Å². The lowest BCUT2D eigenvalue weighted by Gasteiger charge is -2.34. The van der Waals surface area contributed by atoms with Crippen molar-refractivity contribution in [2.45, 2.75) is 52.0 Å². The fraction of sp³-hybridized carbons (Fsp3) is 0.692. The average molecular weight is 271 g/mol. The van der Waals surface area contributed by atoms with Crippen LogP contribution in [0.3, 0.4) is 0 Å². The zero-order chi connectivity index (χ0) is 14.8. The monoisotopic (exact) mass is 271 g/mol. The molecule has 6 heteroatoms. The fourth-order valence-corrected chi connectivity index (χ4v) is 1.83. The van der Waals surface area contributed by atoms with Gasteiger partial charge in [0.15, 0.2) is 0 Å². The van der Waals surface area contributed by atoms with Crippen molar-refractivity contribution >= 4 is 12.1 Å². The van der Waals surface area contributed by atoms with Gasteiger partial charge in [-0.25, -0.2) is 9.59 Å². The summed E-state index contributed by atoms with van der Waals surface area (Å²) in [6, 6.07) is -0.444. The number of carbonyl (C=O) groups excluding carboxylic acids is 1. The topological polar surface area (TPSA) is 76.1 Å². The van der Waals surface area contributed by atoms with Gasteiger partial charge in [-0.05, 0) is 34.6 Å². The Hall–Kier alpha value is -1.56. The highest BCUT2D eigenvalue weighted by Gasteiger charge is 2.44. The molecule has 0 aromatic rings. The number of rotatable bonds is 2. The van der Waals surface area contributed by atoms with E-state index < -0.39 is 29.4 Å². The molecule has 0 unspecified atom stereocenters. The van der Waals surface area contributed by atoms with E-state index in [0.29, 0.717) is 0 Å². The molecule has 1 heterocycles. The molecule has 1 saturated heterocycles. The molecular formula is C13H21NO5. The third kappa shape index (κ3) is 4.24. The normalized spacial score (nSPS) is 22.8. The van der Waals surface area contributed by atoms with Crippen molar-refractivity contribution in [2.24, 2.45) is 0 Å². The van der Waals surface area contributed by atoms with Crippen LogP contribution in [0.4, 0.5) is 4.79 Å². The highest BCUT2D eigenvalue weighted by atomic mass is 16.6. The Labute approximate surface area is 113 Å². The Balaban J connectivity index is 2.90. The van der Waals surface area contributed by atoms with Crippen LogP contribution in [0.25, 0.3) is 0 Å². The maximum absolute atomic E-state index is 12.2. The van der Waals surface area contributed by atoms with Crippen molar-refractivity contribution in [3.8, 4) is 0 Å². The maximum Gasteiger partial charge on any atom is 0.413 e. The van der Waals surface area contributed by atoms with E-state index in [-0.39, 0.29) is 6.61 Å². The zero-order valence-electron chi connectivity index (χ0n) is 12.0. The van der Waals surface area contributed by atoms with Crippen LogP contribution in [0.1, 0.15) is 34.6 Å². The van der Waals surface area contributed by atoms with E-state index in [1.165, 1.54) is 11.0 Å². The van der Waals surface area contributed by atoms with Crippen LogP contribution in [0.5, 0.6) is 0 Å². The number of nitrogens with zero attached hydrogens (tertiary/aromatic N) is 1. The molecule has 0 aliphatic carbocycles. The standard InChI is InChI=1S/C13H21NO5/c1-12(2,3)19-11(17)14-9(6-7-10(15)16)8-18-13(14,4)5/h6-7,9H,8H2,1-5H3,(H,15,16)/b7-6+/t9-/m0/s1. The zero-order valence-corrected chi connectivity index (χ0v) is 12.0. The van der Waals surface area contributed by atoms with Gasteiger partial charge in [-0.2, -0.15) is 0 Å². The van der Waals surface area contributed by atoms with Crippen LogP contribution < -0.4 is 0 Å². The van der Waals surface area contributed by atoms with Gasteiger partial charge in [0.05, 0.1) is 12.6 Å². The number of ether oxygens (including phenoxy) is 2. The molecule has 1 aliphatic rings. The summed E-state index contributed by atoms with van der Waals surface area (Å²) in [5.41, 5.74) is -1.44. The van der Waals surface area contributed by atoms with Crippen molar-refractivity contribution in [2.75, 3.05) is 6.61 Å².